The number of benzene rings is 1. The number of rotatable bonds is 6. The molecule has 4 N–H and O–H groups in total. The summed E-state index contributed by atoms with van der Waals surface area (Å²) >= 11 is 0. The maximum Gasteiger partial charge on any atom is 0.319 e. The maximum atomic E-state index is 15.1. The average Bonchev–Trinajstić information content (AvgIpc) is 3.23. The average molecular weight is 437 g/mol. The van der Waals surface area contributed by atoms with Gasteiger partial charge in [0.2, 0.25) is 0 Å². The van der Waals surface area contributed by atoms with Gasteiger partial charge in [0, 0.05) is 53.4 Å². The zero-order valence-electron chi connectivity index (χ0n) is 17.2. The predicted molar refractivity (Wildman–Crippen MR) is 117 cm³/mol. The molecule has 4 rings (SSSR count). The van der Waals surface area contributed by atoms with E-state index in [2.05, 4.69) is 25.6 Å². The first-order valence-corrected chi connectivity index (χ1v) is 10.1. The van der Waals surface area contributed by atoms with Gasteiger partial charge < -0.3 is 20.7 Å². The molecule has 2 amide bonds. The summed E-state index contributed by atoms with van der Waals surface area (Å²) in [7, 11) is 0. The molecule has 32 heavy (non-hydrogen) atoms. The number of hydrogen-bond donors (Lipinski definition) is 4. The molecular formula is C23H21F2N5O2. The molecule has 0 saturated heterocycles. The van der Waals surface area contributed by atoms with Crippen LogP contribution in [0.1, 0.15) is 30.6 Å². The molecule has 9 heteroatoms. The van der Waals surface area contributed by atoms with Crippen LogP contribution in [0.4, 0.5) is 19.3 Å². The lowest BCUT2D eigenvalue weighted by Crippen LogP contribution is -2.29. The predicted octanol–water partition coefficient (Wildman–Crippen LogP) is 4.52. The van der Waals surface area contributed by atoms with Crippen LogP contribution in [0.5, 0.6) is 0 Å². The van der Waals surface area contributed by atoms with E-state index in [0.717, 1.165) is 23.3 Å². The van der Waals surface area contributed by atoms with Crippen LogP contribution >= 0.6 is 0 Å². The van der Waals surface area contributed by atoms with Crippen molar-refractivity contribution < 1.29 is 18.7 Å². The Balaban J connectivity index is 1.72. The van der Waals surface area contributed by atoms with Gasteiger partial charge in [0.25, 0.3) is 0 Å². The van der Waals surface area contributed by atoms with Crippen molar-refractivity contribution in [3.63, 3.8) is 0 Å². The highest BCUT2D eigenvalue weighted by molar-refractivity contribution is 5.89. The van der Waals surface area contributed by atoms with E-state index in [1.54, 1.807) is 30.7 Å². The van der Waals surface area contributed by atoms with Crippen molar-refractivity contribution in [1.29, 1.82) is 0 Å². The van der Waals surface area contributed by atoms with E-state index in [1.807, 2.05) is 13.0 Å². The lowest BCUT2D eigenvalue weighted by molar-refractivity contribution is 0.210. The number of nitrogens with zero attached hydrogens (tertiary/aromatic N) is 2. The molecule has 4 aromatic rings. The van der Waals surface area contributed by atoms with Crippen molar-refractivity contribution in [2.24, 2.45) is 0 Å². The Morgan fingerprint density at radius 3 is 2.81 bits per heavy atom. The first-order chi connectivity index (χ1) is 15.5. The molecule has 1 aromatic carbocycles. The summed E-state index contributed by atoms with van der Waals surface area (Å²) in [5.41, 5.74) is 1.46. The van der Waals surface area contributed by atoms with Gasteiger partial charge >= 0.3 is 6.03 Å². The van der Waals surface area contributed by atoms with E-state index < -0.39 is 29.3 Å². The number of aliphatic hydroxyl groups excluding tert-OH is 1. The molecule has 3 aromatic heterocycles. The fraction of sp³-hybridized carbons (Fsp3) is 0.174. The Hall–Kier alpha value is -3.85. The van der Waals surface area contributed by atoms with Gasteiger partial charge in [-0.2, -0.15) is 0 Å². The highest BCUT2D eigenvalue weighted by atomic mass is 19.1. The number of fused-ring (bicyclic) bond motifs is 1. The van der Waals surface area contributed by atoms with Crippen molar-refractivity contribution in [3.8, 4) is 11.1 Å². The second-order valence-electron chi connectivity index (χ2n) is 7.21. The van der Waals surface area contributed by atoms with Crippen LogP contribution in [0, 0.1) is 11.6 Å². The fourth-order valence-corrected chi connectivity index (χ4v) is 3.42. The molecule has 0 aliphatic carbocycles. The minimum atomic E-state index is -1.63. The fourth-order valence-electron chi connectivity index (χ4n) is 3.42. The number of carbonyl (C=O) groups is 1. The molecule has 1 unspecified atom stereocenters. The third-order valence-electron chi connectivity index (χ3n) is 5.04. The van der Waals surface area contributed by atoms with Gasteiger partial charge in [0.1, 0.15) is 17.6 Å². The van der Waals surface area contributed by atoms with Crippen molar-refractivity contribution >= 4 is 22.8 Å². The summed E-state index contributed by atoms with van der Waals surface area (Å²) in [6, 6.07) is 6.91. The Kier molecular flexibility index (Phi) is 6.09. The van der Waals surface area contributed by atoms with Gasteiger partial charge in [0.15, 0.2) is 5.82 Å². The SMILES string of the molecule is CCCNC(=O)Nc1ccc(F)c(C(O)c2c[nH]c3ncc(-c4cccnc4)cc23)c1F. The van der Waals surface area contributed by atoms with Crippen molar-refractivity contribution in [3.05, 3.63) is 77.9 Å². The van der Waals surface area contributed by atoms with Crippen LogP contribution in [0.15, 0.2) is 55.1 Å². The molecule has 0 bridgehead atoms. The van der Waals surface area contributed by atoms with E-state index in [0.29, 0.717) is 24.0 Å². The molecular weight excluding hydrogens is 416 g/mol. The molecule has 0 aliphatic heterocycles. The number of H-pyrrole nitrogens is 1. The summed E-state index contributed by atoms with van der Waals surface area (Å²) in [6.07, 6.45) is 5.50. The molecule has 1 atom stereocenters. The van der Waals surface area contributed by atoms with Crippen LogP contribution in [0.2, 0.25) is 0 Å². The molecule has 0 spiro atoms. The highest BCUT2D eigenvalue weighted by Gasteiger charge is 2.25. The normalized spacial score (nSPS) is 12.0. The summed E-state index contributed by atoms with van der Waals surface area (Å²) in [6.45, 7) is 2.29. The van der Waals surface area contributed by atoms with Gasteiger partial charge in [-0.1, -0.05) is 13.0 Å². The first kappa shape index (κ1) is 21.4. The Labute approximate surface area is 182 Å². The van der Waals surface area contributed by atoms with Crippen LogP contribution < -0.4 is 10.6 Å². The van der Waals surface area contributed by atoms with Gasteiger partial charge in [-0.05, 0) is 30.7 Å². The quantitative estimate of drug-likeness (QED) is 0.356. The highest BCUT2D eigenvalue weighted by Crippen LogP contribution is 2.35. The standard InChI is InChI=1S/C23H21F2N5O2/c1-2-7-27-23(32)30-18-6-5-17(24)19(20(18)25)21(31)16-12-29-22-15(16)9-14(11-28-22)13-4-3-8-26-10-13/h3-6,8-12,21,31H,2,7H2,1H3,(H,28,29)(H2,27,30,32). The number of nitrogens with one attached hydrogen (secondary N) is 3. The number of urea groups is 1. The Morgan fingerprint density at radius 1 is 1.22 bits per heavy atom. The summed E-state index contributed by atoms with van der Waals surface area (Å²) < 4.78 is 29.7. The lowest BCUT2D eigenvalue weighted by Gasteiger charge is -2.16. The smallest absolute Gasteiger partial charge is 0.319 e. The second-order valence-corrected chi connectivity index (χ2v) is 7.21. The third kappa shape index (κ3) is 4.15. The van der Waals surface area contributed by atoms with Crippen molar-refractivity contribution in [2.45, 2.75) is 19.4 Å². The number of pyridine rings is 2. The number of carbonyl (C=O) groups excluding carboxylic acids is 1. The largest absolute Gasteiger partial charge is 0.383 e. The van der Waals surface area contributed by atoms with Crippen molar-refractivity contribution in [1.82, 2.24) is 20.3 Å². The summed E-state index contributed by atoms with van der Waals surface area (Å²) in [5.74, 6) is -1.98. The number of aliphatic hydroxyl groups is 1. The molecule has 0 radical (unpaired) electrons. The molecule has 164 valence electrons. The minimum Gasteiger partial charge on any atom is -0.383 e. The number of anilines is 1. The number of aromatic nitrogens is 3. The van der Waals surface area contributed by atoms with Gasteiger partial charge in [-0.15, -0.1) is 0 Å². The van der Waals surface area contributed by atoms with Gasteiger partial charge in [-0.25, -0.2) is 18.6 Å². The Morgan fingerprint density at radius 2 is 2.06 bits per heavy atom. The van der Waals surface area contributed by atoms with Crippen LogP contribution in [-0.2, 0) is 0 Å². The second kappa shape index (κ2) is 9.11. The van der Waals surface area contributed by atoms with E-state index in [4.69, 9.17) is 0 Å². The van der Waals surface area contributed by atoms with Crippen LogP contribution in [0.3, 0.4) is 0 Å². The molecule has 3 heterocycles. The van der Waals surface area contributed by atoms with Gasteiger partial charge in [0.05, 0.1) is 11.3 Å². The number of amides is 2. The number of hydrogen-bond acceptors (Lipinski definition) is 4. The van der Waals surface area contributed by atoms with E-state index in [9.17, 15) is 14.3 Å². The summed E-state index contributed by atoms with van der Waals surface area (Å²) in [4.78, 5) is 23.2. The minimum absolute atomic E-state index is 0.233. The van der Waals surface area contributed by atoms with Crippen LogP contribution in [0.25, 0.3) is 22.2 Å². The van der Waals surface area contributed by atoms with E-state index in [-0.39, 0.29) is 11.3 Å². The van der Waals surface area contributed by atoms with E-state index >= 15 is 4.39 Å². The number of halogens is 2. The maximum absolute atomic E-state index is 15.1. The molecule has 0 fully saturated rings. The Bertz CT molecular complexity index is 1260. The zero-order chi connectivity index (χ0) is 22.7. The van der Waals surface area contributed by atoms with Crippen LogP contribution in [-0.4, -0.2) is 32.6 Å². The molecule has 7 nitrogen and oxygen atoms in total. The first-order valence-electron chi connectivity index (χ1n) is 10.1. The summed E-state index contributed by atoms with van der Waals surface area (Å²) in [5, 5.41) is 16.3. The topological polar surface area (TPSA) is 103 Å². The van der Waals surface area contributed by atoms with Crippen molar-refractivity contribution in [2.75, 3.05) is 11.9 Å². The monoisotopic (exact) mass is 437 g/mol. The lowest BCUT2D eigenvalue weighted by atomic mass is 9.98. The number of aromatic amines is 1. The zero-order valence-corrected chi connectivity index (χ0v) is 17.2. The molecule has 0 aliphatic rings. The van der Waals surface area contributed by atoms with Gasteiger partial charge in [-0.3, -0.25) is 4.98 Å². The van der Waals surface area contributed by atoms with E-state index in [1.165, 1.54) is 6.20 Å². The third-order valence-corrected chi connectivity index (χ3v) is 5.04. The molecule has 0 saturated carbocycles.